The van der Waals surface area contributed by atoms with Gasteiger partial charge in [0, 0.05) is 6.04 Å². The van der Waals surface area contributed by atoms with Crippen molar-refractivity contribution in [1.29, 1.82) is 0 Å². The Labute approximate surface area is 125 Å². The van der Waals surface area contributed by atoms with E-state index in [-0.39, 0.29) is 5.75 Å². The molecular weight excluding hydrogens is 272 g/mol. The molecule has 0 amide bonds. The van der Waals surface area contributed by atoms with Crippen molar-refractivity contribution in [2.45, 2.75) is 58.6 Å². The van der Waals surface area contributed by atoms with Crippen LogP contribution in [0.2, 0.25) is 0 Å². The number of alkyl halides is 2. The third kappa shape index (κ3) is 4.87. The second-order valence-electron chi connectivity index (χ2n) is 6.23. The van der Waals surface area contributed by atoms with E-state index in [1.807, 2.05) is 12.1 Å². The van der Waals surface area contributed by atoms with Crippen molar-refractivity contribution in [2.24, 2.45) is 11.8 Å². The predicted octanol–water partition coefficient (Wildman–Crippen LogP) is 5.30. The number of nitrogens with one attached hydrogen (secondary N) is 1. The molecule has 21 heavy (non-hydrogen) atoms. The SMILES string of the molecule is CC(C)C1CCCC(Nc2ccccc2OC(F)F)CC1. The van der Waals surface area contributed by atoms with Gasteiger partial charge in [0.2, 0.25) is 0 Å². The molecule has 0 saturated heterocycles. The maximum Gasteiger partial charge on any atom is 0.387 e. The van der Waals surface area contributed by atoms with Crippen LogP contribution in [0.1, 0.15) is 46.0 Å². The number of halogens is 2. The molecule has 0 heterocycles. The molecule has 0 bridgehead atoms. The summed E-state index contributed by atoms with van der Waals surface area (Å²) in [5.41, 5.74) is 0.672. The summed E-state index contributed by atoms with van der Waals surface area (Å²) < 4.78 is 29.4. The highest BCUT2D eigenvalue weighted by Crippen LogP contribution is 2.32. The molecule has 2 unspecified atom stereocenters. The normalized spacial score (nSPS) is 23.1. The van der Waals surface area contributed by atoms with Gasteiger partial charge < -0.3 is 10.1 Å². The number of benzene rings is 1. The Kier molecular flexibility index (Phi) is 5.83. The largest absolute Gasteiger partial charge is 0.433 e. The van der Waals surface area contributed by atoms with Gasteiger partial charge in [0.05, 0.1) is 5.69 Å². The van der Waals surface area contributed by atoms with Crippen molar-refractivity contribution in [3.63, 3.8) is 0 Å². The first kappa shape index (κ1) is 16.1. The molecule has 2 atom stereocenters. The summed E-state index contributed by atoms with van der Waals surface area (Å²) in [5.74, 6) is 1.74. The smallest absolute Gasteiger partial charge is 0.387 e. The molecule has 1 fully saturated rings. The molecule has 0 aromatic heterocycles. The lowest BCUT2D eigenvalue weighted by molar-refractivity contribution is -0.0493. The zero-order chi connectivity index (χ0) is 15.2. The third-order valence-corrected chi connectivity index (χ3v) is 4.42. The summed E-state index contributed by atoms with van der Waals surface area (Å²) in [6, 6.07) is 7.29. The van der Waals surface area contributed by atoms with E-state index >= 15 is 0 Å². The van der Waals surface area contributed by atoms with Gasteiger partial charge in [-0.1, -0.05) is 38.8 Å². The van der Waals surface area contributed by atoms with Crippen LogP contribution in [0.25, 0.3) is 0 Å². The van der Waals surface area contributed by atoms with Crippen LogP contribution in [0.15, 0.2) is 24.3 Å². The lowest BCUT2D eigenvalue weighted by Gasteiger charge is -2.21. The van der Waals surface area contributed by atoms with Gasteiger partial charge in [0.1, 0.15) is 5.75 Å². The fraction of sp³-hybridized carbons (Fsp3) is 0.647. The maximum absolute atomic E-state index is 12.4. The second kappa shape index (κ2) is 7.62. The van der Waals surface area contributed by atoms with Crippen molar-refractivity contribution < 1.29 is 13.5 Å². The van der Waals surface area contributed by atoms with Gasteiger partial charge in [-0.3, -0.25) is 0 Å². The zero-order valence-electron chi connectivity index (χ0n) is 12.8. The number of hydrogen-bond acceptors (Lipinski definition) is 2. The summed E-state index contributed by atoms with van der Waals surface area (Å²) >= 11 is 0. The fourth-order valence-electron chi connectivity index (χ4n) is 3.15. The molecule has 1 aromatic rings. The average Bonchev–Trinajstić information content (AvgIpc) is 2.66. The number of anilines is 1. The Morgan fingerprint density at radius 3 is 2.57 bits per heavy atom. The van der Waals surface area contributed by atoms with Gasteiger partial charge in [0.25, 0.3) is 0 Å². The van der Waals surface area contributed by atoms with Crippen LogP contribution < -0.4 is 10.1 Å². The second-order valence-corrected chi connectivity index (χ2v) is 6.23. The van der Waals surface area contributed by atoms with Crippen LogP contribution in [0.3, 0.4) is 0 Å². The van der Waals surface area contributed by atoms with E-state index in [2.05, 4.69) is 23.9 Å². The van der Waals surface area contributed by atoms with Crippen LogP contribution in [-0.4, -0.2) is 12.7 Å². The highest BCUT2D eigenvalue weighted by atomic mass is 19.3. The molecule has 1 aliphatic rings. The Morgan fingerprint density at radius 2 is 1.86 bits per heavy atom. The Bertz CT molecular complexity index is 437. The first-order chi connectivity index (χ1) is 10.1. The summed E-state index contributed by atoms with van der Waals surface area (Å²) in [7, 11) is 0. The predicted molar refractivity (Wildman–Crippen MR) is 81.9 cm³/mol. The number of hydrogen-bond donors (Lipinski definition) is 1. The molecule has 1 saturated carbocycles. The van der Waals surface area contributed by atoms with Crippen LogP contribution in [-0.2, 0) is 0 Å². The van der Waals surface area contributed by atoms with Gasteiger partial charge in [-0.25, -0.2) is 0 Å². The van der Waals surface area contributed by atoms with Crippen molar-refractivity contribution in [2.75, 3.05) is 5.32 Å². The van der Waals surface area contributed by atoms with Gasteiger partial charge in [-0.05, 0) is 43.2 Å². The van der Waals surface area contributed by atoms with Crippen molar-refractivity contribution in [3.05, 3.63) is 24.3 Å². The molecular formula is C17H25F2NO. The standard InChI is InChI=1S/C17H25F2NO/c1-12(2)13-6-5-7-14(11-10-13)20-15-8-3-4-9-16(15)21-17(18)19/h3-4,8-9,12-14,17,20H,5-7,10-11H2,1-2H3. The van der Waals surface area contributed by atoms with Crippen LogP contribution in [0, 0.1) is 11.8 Å². The third-order valence-electron chi connectivity index (χ3n) is 4.42. The van der Waals surface area contributed by atoms with Gasteiger partial charge in [-0.2, -0.15) is 8.78 Å². The van der Waals surface area contributed by atoms with Crippen molar-refractivity contribution >= 4 is 5.69 Å². The maximum atomic E-state index is 12.4. The Balaban J connectivity index is 1.98. The van der Waals surface area contributed by atoms with E-state index in [9.17, 15) is 8.78 Å². The average molecular weight is 297 g/mol. The minimum Gasteiger partial charge on any atom is -0.433 e. The molecule has 2 rings (SSSR count). The zero-order valence-corrected chi connectivity index (χ0v) is 12.8. The van der Waals surface area contributed by atoms with E-state index in [1.165, 1.54) is 19.3 Å². The molecule has 0 aliphatic heterocycles. The molecule has 1 aliphatic carbocycles. The molecule has 2 nitrogen and oxygen atoms in total. The highest BCUT2D eigenvalue weighted by molar-refractivity contribution is 5.56. The molecule has 118 valence electrons. The summed E-state index contributed by atoms with van der Waals surface area (Å²) in [6.07, 6.45) is 5.84. The Morgan fingerprint density at radius 1 is 1.10 bits per heavy atom. The first-order valence-electron chi connectivity index (χ1n) is 7.86. The summed E-state index contributed by atoms with van der Waals surface area (Å²) in [6.45, 7) is 1.78. The monoisotopic (exact) mass is 297 g/mol. The van der Waals surface area contributed by atoms with E-state index in [0.717, 1.165) is 24.7 Å². The lowest BCUT2D eigenvalue weighted by atomic mass is 9.89. The van der Waals surface area contributed by atoms with Gasteiger partial charge in [-0.15, -0.1) is 0 Å². The number of ether oxygens (including phenoxy) is 1. The van der Waals surface area contributed by atoms with E-state index < -0.39 is 6.61 Å². The van der Waals surface area contributed by atoms with E-state index in [1.54, 1.807) is 12.1 Å². The van der Waals surface area contributed by atoms with Crippen LogP contribution in [0.5, 0.6) is 5.75 Å². The molecule has 1 aromatic carbocycles. The van der Waals surface area contributed by atoms with Gasteiger partial charge >= 0.3 is 6.61 Å². The van der Waals surface area contributed by atoms with E-state index in [0.29, 0.717) is 11.7 Å². The van der Waals surface area contributed by atoms with Crippen molar-refractivity contribution in [1.82, 2.24) is 0 Å². The summed E-state index contributed by atoms with van der Waals surface area (Å²) in [4.78, 5) is 0. The summed E-state index contributed by atoms with van der Waals surface area (Å²) in [5, 5.41) is 3.40. The molecule has 0 spiro atoms. The van der Waals surface area contributed by atoms with Crippen LogP contribution in [0.4, 0.5) is 14.5 Å². The molecule has 0 radical (unpaired) electrons. The Hall–Kier alpha value is -1.32. The topological polar surface area (TPSA) is 21.3 Å². The van der Waals surface area contributed by atoms with Crippen LogP contribution >= 0.6 is 0 Å². The minimum absolute atomic E-state index is 0.233. The fourth-order valence-corrected chi connectivity index (χ4v) is 3.15. The minimum atomic E-state index is -2.78. The van der Waals surface area contributed by atoms with Crippen molar-refractivity contribution in [3.8, 4) is 5.75 Å². The quantitative estimate of drug-likeness (QED) is 0.744. The lowest BCUT2D eigenvalue weighted by Crippen LogP contribution is -2.19. The van der Waals surface area contributed by atoms with E-state index in [4.69, 9.17) is 0 Å². The molecule has 1 N–H and O–H groups in total. The molecule has 4 heteroatoms. The first-order valence-corrected chi connectivity index (χ1v) is 7.86. The number of rotatable bonds is 5. The number of para-hydroxylation sites is 2. The van der Waals surface area contributed by atoms with Gasteiger partial charge in [0.15, 0.2) is 0 Å². The highest BCUT2D eigenvalue weighted by Gasteiger charge is 2.21.